The largest absolute Gasteiger partial charge is 2.00 e. The predicted octanol–water partition coefficient (Wildman–Crippen LogP) is 1.52. The Morgan fingerprint density at radius 3 is 1.77 bits per heavy atom. The van der Waals surface area contributed by atoms with Crippen LogP contribution in [0, 0.1) is 21.8 Å². The van der Waals surface area contributed by atoms with E-state index in [2.05, 4.69) is 19.5 Å². The van der Waals surface area contributed by atoms with Gasteiger partial charge in [0.25, 0.3) is 0 Å². The molecule has 0 fully saturated rings. The molecule has 3 radical (unpaired) electrons. The quantitative estimate of drug-likeness (QED) is 0.539. The SMILES string of the molecule is [B]C.[CH2-]CC(=O)COC.[CH3-].[CH3-].[V].[W+2]. The van der Waals surface area contributed by atoms with Gasteiger partial charge in [-0.25, -0.2) is 0 Å². The second-order valence-corrected chi connectivity index (χ2v) is 1.22. The Labute approximate surface area is 111 Å². The van der Waals surface area contributed by atoms with E-state index in [0.717, 1.165) is 0 Å². The first-order chi connectivity index (χ1) is 4.31. The molecule has 0 aliphatic rings. The summed E-state index contributed by atoms with van der Waals surface area (Å²) in [5.41, 5.74) is 0. The molecule has 77 valence electrons. The maximum absolute atomic E-state index is 10.2. The van der Waals surface area contributed by atoms with Gasteiger partial charge in [-0.15, -0.1) is 6.42 Å². The molecule has 0 unspecified atom stereocenters. The summed E-state index contributed by atoms with van der Waals surface area (Å²) in [6.45, 7) is 5.07. The minimum atomic E-state index is 0. The first-order valence-electron chi connectivity index (χ1n) is 2.69. The average Bonchev–Trinajstić information content (AvgIpc) is 1.93. The van der Waals surface area contributed by atoms with E-state index >= 15 is 0 Å². The van der Waals surface area contributed by atoms with Crippen LogP contribution in [-0.4, -0.2) is 27.3 Å². The van der Waals surface area contributed by atoms with Crippen LogP contribution in [-0.2, 0) is 49.2 Å². The summed E-state index contributed by atoms with van der Waals surface area (Å²) in [5.74, 6) is 0.0440. The van der Waals surface area contributed by atoms with Crippen molar-refractivity contribution in [3.63, 3.8) is 0 Å². The van der Waals surface area contributed by atoms with Crippen LogP contribution in [0.25, 0.3) is 0 Å². The van der Waals surface area contributed by atoms with Crippen molar-refractivity contribution < 1.29 is 49.2 Å². The molecular weight excluding hydrogens is 374 g/mol. The van der Waals surface area contributed by atoms with Crippen molar-refractivity contribution in [1.82, 2.24) is 0 Å². The molecule has 0 rings (SSSR count). The number of hydrogen-bond acceptors (Lipinski definition) is 2. The van der Waals surface area contributed by atoms with Gasteiger partial charge in [0.2, 0.25) is 0 Å². The van der Waals surface area contributed by atoms with Crippen molar-refractivity contribution in [3.8, 4) is 0 Å². The molecule has 0 spiro atoms. The third-order valence-corrected chi connectivity index (χ3v) is 0.584. The molecule has 0 saturated carbocycles. The molecule has 0 heterocycles. The number of rotatable bonds is 3. The predicted molar refractivity (Wildman–Crippen MR) is 51.3 cm³/mol. The number of ketones is 1. The van der Waals surface area contributed by atoms with Gasteiger partial charge in [0.1, 0.15) is 12.4 Å². The fourth-order valence-corrected chi connectivity index (χ4v) is 0.233. The summed E-state index contributed by atoms with van der Waals surface area (Å²) in [6, 6.07) is 0. The van der Waals surface area contributed by atoms with Gasteiger partial charge in [0, 0.05) is 25.7 Å². The van der Waals surface area contributed by atoms with Crippen molar-refractivity contribution in [2.24, 2.45) is 0 Å². The van der Waals surface area contributed by atoms with E-state index in [1.807, 2.05) is 0 Å². The normalized spacial score (nSPS) is 5.15. The van der Waals surface area contributed by atoms with Crippen molar-refractivity contribution in [2.45, 2.75) is 13.2 Å². The van der Waals surface area contributed by atoms with E-state index in [1.165, 1.54) is 13.9 Å². The minimum absolute atomic E-state index is 0. The number of methoxy groups -OCH3 is 1. The number of Topliss-reactive ketones (excluding diaryl/α,β-unsaturated/α-hetero) is 1. The summed E-state index contributed by atoms with van der Waals surface area (Å²) in [5, 5.41) is 0. The van der Waals surface area contributed by atoms with Crippen LogP contribution in [0.2, 0.25) is 6.82 Å². The maximum Gasteiger partial charge on any atom is 2.00 e. The van der Waals surface area contributed by atoms with Gasteiger partial charge >= 0.3 is 21.1 Å². The zero-order chi connectivity index (χ0) is 7.70. The second-order valence-electron chi connectivity index (χ2n) is 1.22. The molecule has 0 saturated heterocycles. The average molecular weight is 392 g/mol. The van der Waals surface area contributed by atoms with Crippen molar-refractivity contribution in [3.05, 3.63) is 21.8 Å². The van der Waals surface area contributed by atoms with Gasteiger partial charge < -0.3 is 31.3 Å². The fraction of sp³-hybridized carbons (Fsp3) is 0.500. The van der Waals surface area contributed by atoms with Crippen LogP contribution in [0.5, 0.6) is 0 Å². The monoisotopic (exact) mass is 392 g/mol. The Hall–Kier alpha value is 0.968. The topological polar surface area (TPSA) is 26.3 Å². The Kier molecular flexibility index (Phi) is 109. The van der Waals surface area contributed by atoms with Gasteiger partial charge in [0.05, 0.1) is 7.85 Å². The van der Waals surface area contributed by atoms with Crippen LogP contribution >= 0.6 is 0 Å². The Morgan fingerprint density at radius 2 is 1.69 bits per heavy atom. The molecule has 0 atom stereocenters. The number of carbonyl (C=O) groups is 1. The summed E-state index contributed by atoms with van der Waals surface area (Å²) >= 11 is 0. The molecular formula is C8H18BO2VW-. The van der Waals surface area contributed by atoms with E-state index in [9.17, 15) is 4.79 Å². The zero-order valence-corrected chi connectivity index (χ0v) is 13.2. The molecule has 2 nitrogen and oxygen atoms in total. The fourth-order valence-electron chi connectivity index (χ4n) is 0.233. The van der Waals surface area contributed by atoms with E-state index in [-0.39, 0.29) is 66.9 Å². The third kappa shape index (κ3) is 43.8. The second kappa shape index (κ2) is 38.3. The van der Waals surface area contributed by atoms with Gasteiger partial charge in [-0.05, 0) is 0 Å². The molecule has 0 aromatic carbocycles. The number of hydrogen-bond donors (Lipinski definition) is 0. The molecule has 0 aromatic heterocycles. The van der Waals surface area contributed by atoms with Crippen LogP contribution in [0.4, 0.5) is 0 Å². The number of carbonyl (C=O) groups excluding carboxylic acids is 1. The van der Waals surface area contributed by atoms with Crippen molar-refractivity contribution in [1.29, 1.82) is 0 Å². The van der Waals surface area contributed by atoms with Crippen LogP contribution in [0.1, 0.15) is 6.42 Å². The summed E-state index contributed by atoms with van der Waals surface area (Å²) in [4.78, 5) is 10.2. The summed E-state index contributed by atoms with van der Waals surface area (Å²) < 4.78 is 4.50. The summed E-state index contributed by atoms with van der Waals surface area (Å²) in [7, 11) is 5.99. The smallest absolute Gasteiger partial charge is 0.377 e. The standard InChI is InChI=1S/C5H9O2.CH3B.2CH3.V.W/c1-3-5(6)4-7-2;1-2;;;;/h1,3-4H2,2H3;1H3;2*1H3;;/q-1;;2*-1;;+2. The number of ether oxygens (including phenoxy) is 1. The molecule has 0 aliphatic carbocycles. The maximum atomic E-state index is 10.2. The van der Waals surface area contributed by atoms with E-state index in [0.29, 0.717) is 6.42 Å². The van der Waals surface area contributed by atoms with E-state index in [1.54, 1.807) is 0 Å². The molecule has 0 N–H and O–H groups in total. The zero-order valence-electron chi connectivity index (χ0n) is 8.87. The Bertz CT molecular complexity index is 75.2. The Morgan fingerprint density at radius 1 is 1.38 bits per heavy atom. The van der Waals surface area contributed by atoms with E-state index < -0.39 is 0 Å². The van der Waals surface area contributed by atoms with Crippen molar-refractivity contribution in [2.75, 3.05) is 13.7 Å². The van der Waals surface area contributed by atoms with Crippen LogP contribution < -0.4 is 0 Å². The molecule has 0 aromatic rings. The first kappa shape index (κ1) is 37.0. The molecule has 0 aliphatic heterocycles. The van der Waals surface area contributed by atoms with E-state index in [4.69, 9.17) is 0 Å². The molecule has 5 heteroatoms. The molecule has 0 bridgehead atoms. The van der Waals surface area contributed by atoms with Crippen LogP contribution in [0.3, 0.4) is 0 Å². The summed E-state index contributed by atoms with van der Waals surface area (Å²) in [6.07, 6.45) is 0.327. The third-order valence-electron chi connectivity index (χ3n) is 0.584. The molecule has 0 amide bonds. The van der Waals surface area contributed by atoms with Gasteiger partial charge in [-0.2, -0.15) is 0 Å². The van der Waals surface area contributed by atoms with Gasteiger partial charge in [-0.3, -0.25) is 0 Å². The van der Waals surface area contributed by atoms with Gasteiger partial charge in [0.15, 0.2) is 0 Å². The molecule has 13 heavy (non-hydrogen) atoms. The first-order valence-corrected chi connectivity index (χ1v) is 2.69. The van der Waals surface area contributed by atoms with Crippen LogP contribution in [0.15, 0.2) is 0 Å². The minimum Gasteiger partial charge on any atom is -0.377 e. The van der Waals surface area contributed by atoms with Crippen molar-refractivity contribution >= 4 is 13.6 Å². The van der Waals surface area contributed by atoms with Gasteiger partial charge in [-0.1, -0.05) is 6.82 Å². The Balaban J connectivity index is -0.0000000191.